The molecular weight excluding hydrogens is 327 g/mol. The fraction of sp³-hybridized carbons (Fsp3) is 0.118. The molecule has 0 atom stereocenters. The standard InChI is InChI=1S/C17H15FN4OS/c1-22(2)17-19-10-9-13(21-17)14-7-8-15(24-14)16(23)20-12-5-3-11(18)4-6-12/h3-10H,1-2H3,(H,20,23). The second-order valence-corrected chi connectivity index (χ2v) is 6.34. The summed E-state index contributed by atoms with van der Waals surface area (Å²) in [5.41, 5.74) is 1.31. The van der Waals surface area contributed by atoms with Crippen molar-refractivity contribution < 1.29 is 9.18 Å². The van der Waals surface area contributed by atoms with Crippen LogP contribution in [0.1, 0.15) is 9.67 Å². The Morgan fingerprint density at radius 3 is 2.58 bits per heavy atom. The summed E-state index contributed by atoms with van der Waals surface area (Å²) in [6, 6.07) is 11.1. The summed E-state index contributed by atoms with van der Waals surface area (Å²) in [5, 5.41) is 2.74. The maximum absolute atomic E-state index is 12.9. The summed E-state index contributed by atoms with van der Waals surface area (Å²) in [7, 11) is 3.74. The number of amides is 1. The summed E-state index contributed by atoms with van der Waals surface area (Å²) >= 11 is 1.34. The fourth-order valence-corrected chi connectivity index (χ4v) is 2.90. The molecule has 3 rings (SSSR count). The van der Waals surface area contributed by atoms with Gasteiger partial charge in [-0.05, 0) is 42.5 Å². The number of carbonyl (C=O) groups is 1. The predicted molar refractivity (Wildman–Crippen MR) is 94.0 cm³/mol. The van der Waals surface area contributed by atoms with Crippen molar-refractivity contribution in [3.05, 3.63) is 59.4 Å². The lowest BCUT2D eigenvalue weighted by Gasteiger charge is -2.09. The minimum absolute atomic E-state index is 0.236. The molecule has 0 saturated carbocycles. The second kappa shape index (κ2) is 6.76. The number of aromatic nitrogens is 2. The van der Waals surface area contributed by atoms with E-state index in [2.05, 4.69) is 15.3 Å². The summed E-state index contributed by atoms with van der Waals surface area (Å²) in [6.07, 6.45) is 1.69. The third-order valence-corrected chi connectivity index (χ3v) is 4.33. The van der Waals surface area contributed by atoms with Crippen molar-refractivity contribution in [1.82, 2.24) is 9.97 Å². The summed E-state index contributed by atoms with van der Waals surface area (Å²) in [6.45, 7) is 0. The predicted octanol–water partition coefficient (Wildman–Crippen LogP) is 3.66. The normalized spacial score (nSPS) is 10.5. The van der Waals surface area contributed by atoms with Crippen molar-refractivity contribution in [3.8, 4) is 10.6 Å². The Balaban J connectivity index is 1.78. The second-order valence-electron chi connectivity index (χ2n) is 5.26. The Morgan fingerprint density at radius 1 is 1.12 bits per heavy atom. The molecule has 122 valence electrons. The van der Waals surface area contributed by atoms with Gasteiger partial charge in [0.1, 0.15) is 5.82 Å². The molecule has 24 heavy (non-hydrogen) atoms. The molecule has 0 spiro atoms. The maximum Gasteiger partial charge on any atom is 0.265 e. The first-order chi connectivity index (χ1) is 11.5. The van der Waals surface area contributed by atoms with Crippen LogP contribution in [0.15, 0.2) is 48.7 Å². The average molecular weight is 342 g/mol. The highest BCUT2D eigenvalue weighted by molar-refractivity contribution is 7.17. The Kier molecular flexibility index (Phi) is 4.52. The van der Waals surface area contributed by atoms with Crippen LogP contribution in [0.2, 0.25) is 0 Å². The van der Waals surface area contributed by atoms with Gasteiger partial charge in [-0.2, -0.15) is 0 Å². The first-order valence-corrected chi connectivity index (χ1v) is 8.02. The van der Waals surface area contributed by atoms with Crippen molar-refractivity contribution in [2.24, 2.45) is 0 Å². The van der Waals surface area contributed by atoms with Crippen molar-refractivity contribution in [2.45, 2.75) is 0 Å². The maximum atomic E-state index is 12.9. The molecule has 0 unspecified atom stereocenters. The lowest BCUT2D eigenvalue weighted by molar-refractivity contribution is 0.103. The van der Waals surface area contributed by atoms with Crippen LogP contribution < -0.4 is 10.2 Å². The SMILES string of the molecule is CN(C)c1nccc(-c2ccc(C(=O)Nc3ccc(F)cc3)s2)n1. The first kappa shape index (κ1) is 16.1. The van der Waals surface area contributed by atoms with Crippen LogP contribution in [0.5, 0.6) is 0 Å². The molecule has 5 nitrogen and oxygen atoms in total. The van der Waals surface area contributed by atoms with E-state index in [1.807, 2.05) is 25.1 Å². The van der Waals surface area contributed by atoms with E-state index < -0.39 is 0 Å². The van der Waals surface area contributed by atoms with Gasteiger partial charge >= 0.3 is 0 Å². The molecule has 1 N–H and O–H groups in total. The Morgan fingerprint density at radius 2 is 1.88 bits per heavy atom. The molecule has 0 fully saturated rings. The van der Waals surface area contributed by atoms with Gasteiger partial charge in [-0.25, -0.2) is 14.4 Å². The van der Waals surface area contributed by atoms with E-state index in [0.29, 0.717) is 16.5 Å². The minimum Gasteiger partial charge on any atom is -0.347 e. The zero-order valence-corrected chi connectivity index (χ0v) is 14.0. The van der Waals surface area contributed by atoms with Gasteiger partial charge in [0.05, 0.1) is 15.4 Å². The van der Waals surface area contributed by atoms with E-state index in [9.17, 15) is 9.18 Å². The first-order valence-electron chi connectivity index (χ1n) is 7.20. The zero-order valence-electron chi connectivity index (χ0n) is 13.2. The van der Waals surface area contributed by atoms with Crippen molar-refractivity contribution in [1.29, 1.82) is 0 Å². The van der Waals surface area contributed by atoms with Crippen LogP contribution in [-0.2, 0) is 0 Å². The number of hydrogen-bond donors (Lipinski definition) is 1. The molecule has 1 aromatic carbocycles. The van der Waals surface area contributed by atoms with Crippen molar-refractivity contribution in [3.63, 3.8) is 0 Å². The number of thiophene rings is 1. The number of nitrogens with zero attached hydrogens (tertiary/aromatic N) is 3. The van der Waals surface area contributed by atoms with Gasteiger partial charge in [0.2, 0.25) is 5.95 Å². The van der Waals surface area contributed by atoms with Crippen LogP contribution in [0.3, 0.4) is 0 Å². The third-order valence-electron chi connectivity index (χ3n) is 3.23. The highest BCUT2D eigenvalue weighted by Gasteiger charge is 2.12. The molecule has 7 heteroatoms. The lowest BCUT2D eigenvalue weighted by Crippen LogP contribution is -2.12. The van der Waals surface area contributed by atoms with E-state index in [-0.39, 0.29) is 11.7 Å². The van der Waals surface area contributed by atoms with E-state index >= 15 is 0 Å². The van der Waals surface area contributed by atoms with E-state index in [4.69, 9.17) is 0 Å². The molecule has 0 aliphatic carbocycles. The van der Waals surface area contributed by atoms with E-state index in [1.165, 1.54) is 35.6 Å². The number of rotatable bonds is 4. The molecule has 2 heterocycles. The molecule has 0 bridgehead atoms. The number of hydrogen-bond acceptors (Lipinski definition) is 5. The largest absolute Gasteiger partial charge is 0.347 e. The zero-order chi connectivity index (χ0) is 17.1. The lowest BCUT2D eigenvalue weighted by atomic mass is 10.3. The van der Waals surface area contributed by atoms with Gasteiger partial charge in [-0.3, -0.25) is 4.79 Å². The molecule has 0 aliphatic heterocycles. The monoisotopic (exact) mass is 342 g/mol. The summed E-state index contributed by atoms with van der Waals surface area (Å²) < 4.78 is 12.9. The highest BCUT2D eigenvalue weighted by atomic mass is 32.1. The molecule has 0 aliphatic rings. The van der Waals surface area contributed by atoms with Gasteiger partial charge < -0.3 is 10.2 Å². The van der Waals surface area contributed by atoms with E-state index in [1.54, 1.807) is 18.3 Å². The molecular formula is C17H15FN4OS. The molecule has 0 radical (unpaired) electrons. The summed E-state index contributed by atoms with van der Waals surface area (Å²) in [5.74, 6) is 0.0322. The highest BCUT2D eigenvalue weighted by Crippen LogP contribution is 2.27. The molecule has 0 saturated heterocycles. The van der Waals surface area contributed by atoms with Gasteiger partial charge in [0.25, 0.3) is 5.91 Å². The van der Waals surface area contributed by atoms with Crippen LogP contribution in [0.4, 0.5) is 16.0 Å². The molecule has 2 aromatic heterocycles. The fourth-order valence-electron chi connectivity index (χ4n) is 2.02. The van der Waals surface area contributed by atoms with Crippen LogP contribution >= 0.6 is 11.3 Å². The topological polar surface area (TPSA) is 58.1 Å². The third kappa shape index (κ3) is 3.57. The smallest absolute Gasteiger partial charge is 0.265 e. The molecule has 1 amide bonds. The number of benzene rings is 1. The minimum atomic E-state index is -0.341. The Labute approximate surface area is 142 Å². The summed E-state index contributed by atoms with van der Waals surface area (Å²) in [4.78, 5) is 24.2. The van der Waals surface area contributed by atoms with Gasteiger partial charge in [-0.15, -0.1) is 11.3 Å². The van der Waals surface area contributed by atoms with Crippen LogP contribution in [0.25, 0.3) is 10.6 Å². The quantitative estimate of drug-likeness (QED) is 0.786. The van der Waals surface area contributed by atoms with Gasteiger partial charge in [-0.1, -0.05) is 0 Å². The van der Waals surface area contributed by atoms with Gasteiger partial charge in [0, 0.05) is 26.0 Å². The van der Waals surface area contributed by atoms with E-state index in [0.717, 1.165) is 10.6 Å². The van der Waals surface area contributed by atoms with Gasteiger partial charge in [0.15, 0.2) is 0 Å². The van der Waals surface area contributed by atoms with Crippen molar-refractivity contribution in [2.75, 3.05) is 24.3 Å². The number of nitrogens with one attached hydrogen (secondary N) is 1. The van der Waals surface area contributed by atoms with Crippen molar-refractivity contribution >= 4 is 28.9 Å². The average Bonchev–Trinajstić information content (AvgIpc) is 3.07. The van der Waals surface area contributed by atoms with Crippen LogP contribution in [-0.4, -0.2) is 30.0 Å². The number of carbonyl (C=O) groups excluding carboxylic acids is 1. The van der Waals surface area contributed by atoms with Crippen LogP contribution in [0, 0.1) is 5.82 Å². The molecule has 3 aromatic rings. The number of halogens is 1. The number of anilines is 2. The Bertz CT molecular complexity index is 861. The Hall–Kier alpha value is -2.80.